The average Bonchev–Trinajstić information content (AvgIpc) is 2.67. The predicted molar refractivity (Wildman–Crippen MR) is 78.9 cm³/mol. The Labute approximate surface area is 116 Å². The predicted octanol–water partition coefficient (Wildman–Crippen LogP) is 4.67. The Balaban J connectivity index is 1.95. The van der Waals surface area contributed by atoms with Crippen LogP contribution in [0.3, 0.4) is 0 Å². The fourth-order valence-electron chi connectivity index (χ4n) is 3.07. The van der Waals surface area contributed by atoms with Gasteiger partial charge in [0.2, 0.25) is 0 Å². The number of halogens is 1. The number of hydrogen-bond donors (Lipinski definition) is 1. The lowest BCUT2D eigenvalue weighted by molar-refractivity contribution is 0.457. The molecule has 1 saturated carbocycles. The first-order valence-electron chi connectivity index (χ1n) is 6.76. The maximum atomic E-state index is 6.22. The first-order valence-corrected chi connectivity index (χ1v) is 7.14. The van der Waals surface area contributed by atoms with Crippen molar-refractivity contribution < 1.29 is 0 Å². The molecule has 0 heterocycles. The van der Waals surface area contributed by atoms with Crippen LogP contribution in [0.4, 0.5) is 0 Å². The maximum Gasteiger partial charge on any atom is 0.0453 e. The summed E-state index contributed by atoms with van der Waals surface area (Å²) in [5.41, 5.74) is 2.08. The van der Waals surface area contributed by atoms with Crippen molar-refractivity contribution in [2.75, 3.05) is 6.54 Å². The molecule has 100 valence electrons. The molecule has 1 nitrogen and oxygen atoms in total. The Morgan fingerprint density at radius 1 is 1.17 bits per heavy atom. The van der Waals surface area contributed by atoms with E-state index in [-0.39, 0.29) is 0 Å². The second kappa shape index (κ2) is 4.54. The zero-order chi connectivity index (χ0) is 13.6. The van der Waals surface area contributed by atoms with Crippen LogP contribution in [0.1, 0.15) is 46.2 Å². The zero-order valence-corrected chi connectivity index (χ0v) is 12.8. The van der Waals surface area contributed by atoms with Crippen LogP contribution in [0.25, 0.3) is 0 Å². The fourth-order valence-corrected chi connectivity index (χ4v) is 3.37. The Morgan fingerprint density at radius 2 is 1.72 bits per heavy atom. The lowest BCUT2D eigenvalue weighted by Crippen LogP contribution is -2.23. The Bertz CT molecular complexity index is 422. The Morgan fingerprint density at radius 3 is 2.22 bits per heavy atom. The summed E-state index contributed by atoms with van der Waals surface area (Å²) in [5, 5.41) is 4.48. The van der Waals surface area contributed by atoms with Crippen molar-refractivity contribution in [1.29, 1.82) is 0 Å². The summed E-state index contributed by atoms with van der Waals surface area (Å²) in [6, 6.07) is 8.39. The third-order valence-electron chi connectivity index (χ3n) is 5.32. The molecular weight excluding hydrogens is 242 g/mol. The summed E-state index contributed by atoms with van der Waals surface area (Å²) < 4.78 is 0. The van der Waals surface area contributed by atoms with Gasteiger partial charge in [-0.3, -0.25) is 0 Å². The summed E-state index contributed by atoms with van der Waals surface area (Å²) in [6.45, 7) is 12.7. The van der Waals surface area contributed by atoms with Crippen molar-refractivity contribution in [3.05, 3.63) is 34.9 Å². The highest BCUT2D eigenvalue weighted by Crippen LogP contribution is 2.68. The fraction of sp³-hybridized carbons (Fsp3) is 0.625. The minimum atomic E-state index is 0.311. The molecule has 1 aromatic rings. The van der Waals surface area contributed by atoms with Gasteiger partial charge in [-0.1, -0.05) is 57.5 Å². The van der Waals surface area contributed by atoms with E-state index in [1.807, 2.05) is 18.2 Å². The van der Waals surface area contributed by atoms with E-state index in [0.29, 0.717) is 16.9 Å². The van der Waals surface area contributed by atoms with Gasteiger partial charge in [0.25, 0.3) is 0 Å². The van der Waals surface area contributed by atoms with E-state index >= 15 is 0 Å². The SMILES string of the molecule is CC(NCC1C(C)(C)C1(C)C)c1ccccc1Cl. The largest absolute Gasteiger partial charge is 0.310 e. The van der Waals surface area contributed by atoms with Crippen LogP contribution < -0.4 is 5.32 Å². The minimum absolute atomic E-state index is 0.311. The van der Waals surface area contributed by atoms with Gasteiger partial charge in [-0.05, 0) is 41.8 Å². The van der Waals surface area contributed by atoms with E-state index in [2.05, 4.69) is 46.0 Å². The molecule has 0 amide bonds. The van der Waals surface area contributed by atoms with E-state index < -0.39 is 0 Å². The molecule has 0 spiro atoms. The molecule has 0 saturated heterocycles. The van der Waals surface area contributed by atoms with Gasteiger partial charge in [0.1, 0.15) is 0 Å². The molecule has 18 heavy (non-hydrogen) atoms. The van der Waals surface area contributed by atoms with Gasteiger partial charge in [0.15, 0.2) is 0 Å². The van der Waals surface area contributed by atoms with Crippen LogP contribution >= 0.6 is 11.6 Å². The molecule has 0 bridgehead atoms. The first kappa shape index (κ1) is 13.9. The van der Waals surface area contributed by atoms with Crippen LogP contribution in [-0.4, -0.2) is 6.54 Å². The Kier molecular flexibility index (Phi) is 3.50. The molecule has 2 rings (SSSR count). The quantitative estimate of drug-likeness (QED) is 0.834. The topological polar surface area (TPSA) is 12.0 Å². The molecule has 2 heteroatoms. The highest BCUT2D eigenvalue weighted by molar-refractivity contribution is 6.31. The average molecular weight is 266 g/mol. The van der Waals surface area contributed by atoms with Gasteiger partial charge < -0.3 is 5.32 Å². The van der Waals surface area contributed by atoms with E-state index in [0.717, 1.165) is 17.5 Å². The first-order chi connectivity index (χ1) is 8.28. The van der Waals surface area contributed by atoms with E-state index in [1.165, 1.54) is 5.56 Å². The summed E-state index contributed by atoms with van der Waals surface area (Å²) in [4.78, 5) is 0. The molecule has 1 aliphatic carbocycles. The highest BCUT2D eigenvalue weighted by Gasteiger charge is 2.63. The molecule has 1 fully saturated rings. The number of hydrogen-bond acceptors (Lipinski definition) is 1. The number of nitrogens with one attached hydrogen (secondary N) is 1. The molecular formula is C16H24ClN. The Hall–Kier alpha value is -0.530. The summed E-state index contributed by atoms with van der Waals surface area (Å²) in [5.74, 6) is 0.745. The van der Waals surface area contributed by atoms with Gasteiger partial charge in [-0.2, -0.15) is 0 Å². The van der Waals surface area contributed by atoms with Crippen molar-refractivity contribution in [1.82, 2.24) is 5.32 Å². The zero-order valence-electron chi connectivity index (χ0n) is 12.0. The van der Waals surface area contributed by atoms with Crippen molar-refractivity contribution in [3.63, 3.8) is 0 Å². The lowest BCUT2D eigenvalue weighted by atomic mass is 10.0. The van der Waals surface area contributed by atoms with Crippen molar-refractivity contribution in [2.45, 2.75) is 40.7 Å². The van der Waals surface area contributed by atoms with E-state index in [4.69, 9.17) is 11.6 Å². The third kappa shape index (κ3) is 2.19. The smallest absolute Gasteiger partial charge is 0.0453 e. The minimum Gasteiger partial charge on any atom is -0.310 e. The third-order valence-corrected chi connectivity index (χ3v) is 5.66. The molecule has 1 unspecified atom stereocenters. The summed E-state index contributed by atoms with van der Waals surface area (Å²) in [7, 11) is 0. The second-order valence-electron chi connectivity index (χ2n) is 6.65. The van der Waals surface area contributed by atoms with Crippen molar-refractivity contribution in [3.8, 4) is 0 Å². The molecule has 1 N–H and O–H groups in total. The molecule has 0 aromatic heterocycles. The maximum absolute atomic E-state index is 6.22. The highest BCUT2D eigenvalue weighted by atomic mass is 35.5. The molecule has 1 aliphatic rings. The molecule has 1 atom stereocenters. The van der Waals surface area contributed by atoms with E-state index in [9.17, 15) is 0 Å². The monoisotopic (exact) mass is 265 g/mol. The normalized spacial score (nSPS) is 22.8. The van der Waals surface area contributed by atoms with Gasteiger partial charge >= 0.3 is 0 Å². The van der Waals surface area contributed by atoms with Crippen LogP contribution in [0.15, 0.2) is 24.3 Å². The van der Waals surface area contributed by atoms with E-state index in [1.54, 1.807) is 0 Å². The van der Waals surface area contributed by atoms with Crippen LogP contribution in [-0.2, 0) is 0 Å². The summed E-state index contributed by atoms with van der Waals surface area (Å²) >= 11 is 6.22. The lowest BCUT2D eigenvalue weighted by Gasteiger charge is -2.16. The molecule has 0 radical (unpaired) electrons. The van der Waals surface area contributed by atoms with Crippen LogP contribution in [0.2, 0.25) is 5.02 Å². The van der Waals surface area contributed by atoms with Gasteiger partial charge in [-0.15, -0.1) is 0 Å². The summed E-state index contributed by atoms with van der Waals surface area (Å²) in [6.07, 6.45) is 0. The van der Waals surface area contributed by atoms with Crippen molar-refractivity contribution in [2.24, 2.45) is 16.7 Å². The van der Waals surface area contributed by atoms with Gasteiger partial charge in [-0.25, -0.2) is 0 Å². The molecule has 1 aromatic carbocycles. The van der Waals surface area contributed by atoms with Gasteiger partial charge in [0, 0.05) is 11.1 Å². The standard InChI is InChI=1S/C16H24ClN/c1-11(12-8-6-7-9-13(12)17)18-10-14-15(2,3)16(14,4)5/h6-9,11,14,18H,10H2,1-5H3. The second-order valence-corrected chi connectivity index (χ2v) is 7.05. The van der Waals surface area contributed by atoms with Crippen molar-refractivity contribution >= 4 is 11.6 Å². The van der Waals surface area contributed by atoms with Crippen LogP contribution in [0, 0.1) is 16.7 Å². The van der Waals surface area contributed by atoms with Crippen LogP contribution in [0.5, 0.6) is 0 Å². The number of benzene rings is 1. The number of rotatable bonds is 4. The van der Waals surface area contributed by atoms with Gasteiger partial charge in [0.05, 0.1) is 0 Å². The molecule has 0 aliphatic heterocycles.